The quantitative estimate of drug-likeness (QED) is 0.928. The Labute approximate surface area is 118 Å². The molecule has 2 rings (SSSR count). The number of hydrogen-bond donors (Lipinski definition) is 1. The predicted octanol–water partition coefficient (Wildman–Crippen LogP) is 3.57. The smallest absolute Gasteiger partial charge is 0.106 e. The monoisotopic (exact) mass is 278 g/mol. The van der Waals surface area contributed by atoms with Gasteiger partial charge < -0.3 is 5.11 Å². The topological polar surface area (TPSA) is 38.0 Å². The molecule has 1 aromatic carbocycles. The van der Waals surface area contributed by atoms with Gasteiger partial charge in [-0.25, -0.2) is 0 Å². The molecule has 0 saturated heterocycles. The summed E-state index contributed by atoms with van der Waals surface area (Å²) in [5.74, 6) is 0. The van der Waals surface area contributed by atoms with Crippen LogP contribution < -0.4 is 0 Å². The highest BCUT2D eigenvalue weighted by molar-refractivity contribution is 6.31. The van der Waals surface area contributed by atoms with Crippen LogP contribution in [0, 0.1) is 0 Å². The van der Waals surface area contributed by atoms with E-state index in [4.69, 9.17) is 11.6 Å². The molecule has 3 nitrogen and oxygen atoms in total. The minimum absolute atomic E-state index is 0.433. The zero-order valence-corrected chi connectivity index (χ0v) is 12.2. The van der Waals surface area contributed by atoms with Crippen molar-refractivity contribution in [1.82, 2.24) is 9.78 Å². The van der Waals surface area contributed by atoms with E-state index in [1.54, 1.807) is 10.9 Å². The van der Waals surface area contributed by atoms with Gasteiger partial charge in [0.2, 0.25) is 0 Å². The van der Waals surface area contributed by atoms with Gasteiger partial charge in [0.1, 0.15) is 6.10 Å². The van der Waals surface area contributed by atoms with Crippen LogP contribution in [-0.4, -0.2) is 14.9 Å². The third-order valence-corrected chi connectivity index (χ3v) is 3.88. The lowest BCUT2D eigenvalue weighted by Crippen LogP contribution is -2.29. The average Bonchev–Trinajstić information content (AvgIpc) is 2.79. The van der Waals surface area contributed by atoms with E-state index in [2.05, 4.69) is 5.10 Å². The first-order valence-electron chi connectivity index (χ1n) is 6.43. The highest BCUT2D eigenvalue weighted by Gasteiger charge is 2.34. The number of aliphatic hydroxyl groups excluding tert-OH is 1. The summed E-state index contributed by atoms with van der Waals surface area (Å²) in [6.07, 6.45) is 0.884. The van der Waals surface area contributed by atoms with Crippen LogP contribution in [0.2, 0.25) is 5.02 Å². The summed E-state index contributed by atoms with van der Waals surface area (Å²) < 4.78 is 1.75. The number of aliphatic hydroxyl groups is 1. The molecule has 1 atom stereocenters. The van der Waals surface area contributed by atoms with Crippen molar-refractivity contribution in [3.8, 4) is 0 Å². The van der Waals surface area contributed by atoms with E-state index in [-0.39, 0.29) is 0 Å². The molecule has 102 valence electrons. The Morgan fingerprint density at radius 3 is 2.53 bits per heavy atom. The summed E-state index contributed by atoms with van der Waals surface area (Å²) in [5, 5.41) is 15.4. The minimum Gasteiger partial charge on any atom is -0.386 e. The van der Waals surface area contributed by atoms with Crippen molar-refractivity contribution in [3.63, 3.8) is 0 Å². The van der Waals surface area contributed by atoms with Crippen LogP contribution in [0.5, 0.6) is 0 Å². The van der Waals surface area contributed by atoms with E-state index < -0.39 is 11.5 Å². The first kappa shape index (κ1) is 14.1. The van der Waals surface area contributed by atoms with Gasteiger partial charge in [0, 0.05) is 12.0 Å². The number of hydrogen-bond acceptors (Lipinski definition) is 2. The van der Waals surface area contributed by atoms with Crippen LogP contribution in [0.3, 0.4) is 0 Å². The van der Waals surface area contributed by atoms with Gasteiger partial charge in [0.25, 0.3) is 0 Å². The Kier molecular flexibility index (Phi) is 3.97. The van der Waals surface area contributed by atoms with E-state index in [0.717, 1.165) is 5.56 Å². The lowest BCUT2D eigenvalue weighted by Gasteiger charge is -2.31. The predicted molar refractivity (Wildman–Crippen MR) is 77.3 cm³/mol. The zero-order chi connectivity index (χ0) is 14.0. The number of aryl methyl sites for hydroxylation is 1. The second kappa shape index (κ2) is 5.35. The number of benzene rings is 1. The lowest BCUT2D eigenvalue weighted by molar-refractivity contribution is 0.0914. The van der Waals surface area contributed by atoms with Crippen molar-refractivity contribution in [2.75, 3.05) is 0 Å². The highest BCUT2D eigenvalue weighted by atomic mass is 35.5. The fourth-order valence-electron chi connectivity index (χ4n) is 2.26. The molecule has 0 aliphatic carbocycles. The Bertz CT molecular complexity index is 549. The van der Waals surface area contributed by atoms with Gasteiger partial charge in [-0.2, -0.15) is 5.10 Å². The first-order chi connectivity index (χ1) is 8.98. The molecule has 1 aromatic heterocycles. The molecule has 4 heteroatoms. The maximum atomic E-state index is 10.7. The molecule has 0 saturated carbocycles. The van der Waals surface area contributed by atoms with Crippen molar-refractivity contribution < 1.29 is 5.11 Å². The molecule has 0 aliphatic rings. The summed E-state index contributed by atoms with van der Waals surface area (Å²) in [6.45, 7) is 6.69. The highest BCUT2D eigenvalue weighted by Crippen LogP contribution is 2.39. The maximum Gasteiger partial charge on any atom is 0.106 e. The van der Waals surface area contributed by atoms with Crippen molar-refractivity contribution in [2.24, 2.45) is 0 Å². The Balaban J connectivity index is 2.43. The number of aromatic nitrogens is 2. The molecule has 1 N–H and O–H groups in total. The van der Waals surface area contributed by atoms with Gasteiger partial charge in [-0.15, -0.1) is 0 Å². The van der Waals surface area contributed by atoms with Crippen LogP contribution >= 0.6 is 11.6 Å². The van der Waals surface area contributed by atoms with E-state index in [1.807, 2.05) is 51.1 Å². The largest absolute Gasteiger partial charge is 0.386 e. The van der Waals surface area contributed by atoms with Crippen molar-refractivity contribution in [3.05, 3.63) is 52.8 Å². The Morgan fingerprint density at radius 2 is 1.95 bits per heavy atom. The minimum atomic E-state index is -0.704. The molecule has 19 heavy (non-hydrogen) atoms. The van der Waals surface area contributed by atoms with E-state index in [9.17, 15) is 5.11 Å². The third kappa shape index (κ3) is 2.53. The van der Waals surface area contributed by atoms with Gasteiger partial charge in [-0.1, -0.05) is 55.8 Å². The normalized spacial score (nSPS) is 13.5. The van der Waals surface area contributed by atoms with E-state index >= 15 is 0 Å². The molecule has 0 amide bonds. The van der Waals surface area contributed by atoms with Gasteiger partial charge in [0.15, 0.2) is 0 Å². The van der Waals surface area contributed by atoms with Gasteiger partial charge in [-0.3, -0.25) is 4.68 Å². The van der Waals surface area contributed by atoms with Gasteiger partial charge in [-0.05, 0) is 12.5 Å². The number of halogens is 1. The van der Waals surface area contributed by atoms with Crippen molar-refractivity contribution in [1.29, 1.82) is 0 Å². The van der Waals surface area contributed by atoms with Gasteiger partial charge in [0.05, 0.1) is 16.9 Å². The summed E-state index contributed by atoms with van der Waals surface area (Å²) >= 11 is 6.17. The Hall–Kier alpha value is -1.32. The maximum absolute atomic E-state index is 10.7. The molecule has 0 fully saturated rings. The van der Waals surface area contributed by atoms with Crippen molar-refractivity contribution in [2.45, 2.75) is 38.8 Å². The first-order valence-corrected chi connectivity index (χ1v) is 6.81. The molecule has 0 aliphatic heterocycles. The fourth-order valence-corrected chi connectivity index (χ4v) is 2.51. The van der Waals surface area contributed by atoms with Crippen LogP contribution in [0.15, 0.2) is 36.5 Å². The fraction of sp³-hybridized carbons (Fsp3) is 0.400. The number of rotatable bonds is 4. The number of nitrogens with zero attached hydrogens (tertiary/aromatic N) is 2. The van der Waals surface area contributed by atoms with Crippen LogP contribution in [0.1, 0.15) is 38.1 Å². The lowest BCUT2D eigenvalue weighted by atomic mass is 9.78. The second-order valence-electron chi connectivity index (χ2n) is 5.18. The van der Waals surface area contributed by atoms with Crippen LogP contribution in [0.4, 0.5) is 0 Å². The molecule has 1 heterocycles. The molecule has 0 spiro atoms. The standard InChI is InChI=1S/C15H19ClN2O/c1-4-18-13(12(16)10-17-18)14(19)15(2,3)11-8-6-5-7-9-11/h5-10,14,19H,4H2,1-3H3. The second-order valence-corrected chi connectivity index (χ2v) is 5.59. The van der Waals surface area contributed by atoms with Crippen LogP contribution in [0.25, 0.3) is 0 Å². The molecular formula is C15H19ClN2O. The third-order valence-electron chi connectivity index (χ3n) is 3.59. The zero-order valence-electron chi connectivity index (χ0n) is 11.5. The molecular weight excluding hydrogens is 260 g/mol. The SMILES string of the molecule is CCn1ncc(Cl)c1C(O)C(C)(C)c1ccccc1. The summed E-state index contributed by atoms with van der Waals surface area (Å²) in [5.41, 5.74) is 1.32. The molecule has 1 unspecified atom stereocenters. The van der Waals surface area contributed by atoms with E-state index in [1.165, 1.54) is 0 Å². The summed E-state index contributed by atoms with van der Waals surface area (Å²) in [4.78, 5) is 0. The van der Waals surface area contributed by atoms with Crippen molar-refractivity contribution >= 4 is 11.6 Å². The van der Waals surface area contributed by atoms with E-state index in [0.29, 0.717) is 17.3 Å². The average molecular weight is 279 g/mol. The van der Waals surface area contributed by atoms with Crippen LogP contribution in [-0.2, 0) is 12.0 Å². The summed E-state index contributed by atoms with van der Waals surface area (Å²) in [7, 11) is 0. The summed E-state index contributed by atoms with van der Waals surface area (Å²) in [6, 6.07) is 9.95. The molecule has 2 aromatic rings. The van der Waals surface area contributed by atoms with Gasteiger partial charge >= 0.3 is 0 Å². The Morgan fingerprint density at radius 1 is 1.32 bits per heavy atom. The molecule has 0 radical (unpaired) electrons. The molecule has 0 bridgehead atoms.